The van der Waals surface area contributed by atoms with Crippen molar-refractivity contribution in [1.29, 1.82) is 0 Å². The summed E-state index contributed by atoms with van der Waals surface area (Å²) in [6.45, 7) is 2.78. The Hall–Kier alpha value is -0.120. The average Bonchev–Trinajstić information content (AvgIpc) is 2.13. The third-order valence-electron chi connectivity index (χ3n) is 2.66. The Labute approximate surface area is 102 Å². The van der Waals surface area contributed by atoms with E-state index in [-0.39, 0.29) is 5.82 Å². The van der Waals surface area contributed by atoms with E-state index in [4.69, 9.17) is 11.6 Å². The van der Waals surface area contributed by atoms with Gasteiger partial charge in [0.1, 0.15) is 5.82 Å². The van der Waals surface area contributed by atoms with Crippen molar-refractivity contribution < 1.29 is 4.39 Å². The van der Waals surface area contributed by atoms with E-state index in [1.165, 1.54) is 6.07 Å². The van der Waals surface area contributed by atoms with Crippen LogP contribution in [0.5, 0.6) is 0 Å². The fourth-order valence-corrected chi connectivity index (χ4v) is 2.36. The smallest absolute Gasteiger partial charge is 0.129 e. The normalized spacial score (nSPS) is 17.8. The largest absolute Gasteiger partial charge is 0.298 e. The average molecular weight is 293 g/mol. The van der Waals surface area contributed by atoms with Crippen LogP contribution >= 0.6 is 27.5 Å². The molecule has 0 atom stereocenters. The summed E-state index contributed by atoms with van der Waals surface area (Å²) in [4.78, 5) is 2.23. The van der Waals surface area contributed by atoms with Crippen LogP contribution in [-0.2, 0) is 6.54 Å². The molecule has 1 heterocycles. The summed E-state index contributed by atoms with van der Waals surface area (Å²) in [6.07, 6.45) is 0. The molecule has 0 unspecified atom stereocenters. The Balaban J connectivity index is 1.94. The number of nitrogens with zero attached hydrogens (tertiary/aromatic N) is 1. The van der Waals surface area contributed by atoms with Crippen LogP contribution in [0.1, 0.15) is 5.56 Å². The molecular weight excluding hydrogens is 280 g/mol. The zero-order chi connectivity index (χ0) is 10.8. The van der Waals surface area contributed by atoms with Gasteiger partial charge in [-0.3, -0.25) is 4.90 Å². The van der Waals surface area contributed by atoms with Crippen LogP contribution < -0.4 is 0 Å². The van der Waals surface area contributed by atoms with Gasteiger partial charge in [-0.15, -0.1) is 0 Å². The molecule has 15 heavy (non-hydrogen) atoms. The SMILES string of the molecule is Fc1cc(Cl)ccc1CN1CC(CBr)C1. The topological polar surface area (TPSA) is 3.24 Å². The molecule has 0 N–H and O–H groups in total. The van der Waals surface area contributed by atoms with Crippen LogP contribution in [0.3, 0.4) is 0 Å². The molecule has 0 saturated carbocycles. The van der Waals surface area contributed by atoms with Crippen molar-refractivity contribution in [2.45, 2.75) is 6.54 Å². The molecule has 1 fully saturated rings. The predicted octanol–water partition coefficient (Wildman–Crippen LogP) is 3.31. The van der Waals surface area contributed by atoms with Crippen molar-refractivity contribution in [3.8, 4) is 0 Å². The molecule has 1 aliphatic heterocycles. The molecule has 0 spiro atoms. The minimum Gasteiger partial charge on any atom is -0.298 e. The number of benzene rings is 1. The minimum atomic E-state index is -0.204. The summed E-state index contributed by atoms with van der Waals surface area (Å²) >= 11 is 9.13. The predicted molar refractivity (Wildman–Crippen MR) is 64.0 cm³/mol. The highest BCUT2D eigenvalue weighted by Gasteiger charge is 2.25. The lowest BCUT2D eigenvalue weighted by atomic mass is 10.0. The van der Waals surface area contributed by atoms with E-state index in [0.717, 1.165) is 29.9 Å². The second-order valence-corrected chi connectivity index (χ2v) is 5.03. The highest BCUT2D eigenvalue weighted by Crippen LogP contribution is 2.22. The maximum Gasteiger partial charge on any atom is 0.129 e. The van der Waals surface area contributed by atoms with Crippen molar-refractivity contribution in [1.82, 2.24) is 4.90 Å². The summed E-state index contributed by atoms with van der Waals surface area (Å²) in [5.74, 6) is 0.519. The van der Waals surface area contributed by atoms with E-state index >= 15 is 0 Å². The number of halogens is 3. The standard InChI is InChI=1S/C11H12BrClFN/c12-4-8-5-15(6-8)7-9-1-2-10(13)3-11(9)14/h1-3,8H,4-7H2. The van der Waals surface area contributed by atoms with Gasteiger partial charge in [-0.25, -0.2) is 4.39 Å². The lowest BCUT2D eigenvalue weighted by Gasteiger charge is -2.38. The fraction of sp³-hybridized carbons (Fsp3) is 0.455. The maximum atomic E-state index is 13.4. The van der Waals surface area contributed by atoms with Crippen molar-refractivity contribution in [2.75, 3.05) is 18.4 Å². The molecule has 1 saturated heterocycles. The highest BCUT2D eigenvalue weighted by atomic mass is 79.9. The molecule has 0 bridgehead atoms. The van der Waals surface area contributed by atoms with Gasteiger partial charge in [0.2, 0.25) is 0 Å². The van der Waals surface area contributed by atoms with Crippen LogP contribution in [0, 0.1) is 11.7 Å². The molecule has 1 aromatic rings. The Morgan fingerprint density at radius 2 is 2.20 bits per heavy atom. The molecule has 1 aliphatic rings. The van der Waals surface area contributed by atoms with Crippen molar-refractivity contribution in [2.24, 2.45) is 5.92 Å². The van der Waals surface area contributed by atoms with E-state index in [1.807, 2.05) is 0 Å². The zero-order valence-corrected chi connectivity index (χ0v) is 10.6. The zero-order valence-electron chi connectivity index (χ0n) is 8.22. The highest BCUT2D eigenvalue weighted by molar-refractivity contribution is 9.09. The van der Waals surface area contributed by atoms with Gasteiger partial charge in [-0.2, -0.15) is 0 Å². The van der Waals surface area contributed by atoms with E-state index in [1.54, 1.807) is 12.1 Å². The summed E-state index contributed by atoms with van der Waals surface area (Å²) in [6, 6.07) is 4.87. The first-order chi connectivity index (χ1) is 7.19. The van der Waals surface area contributed by atoms with Gasteiger partial charge in [0, 0.05) is 35.6 Å². The van der Waals surface area contributed by atoms with Crippen LogP contribution in [0.15, 0.2) is 18.2 Å². The van der Waals surface area contributed by atoms with Crippen molar-refractivity contribution >= 4 is 27.5 Å². The first kappa shape index (κ1) is 11.4. The number of alkyl halides is 1. The lowest BCUT2D eigenvalue weighted by Crippen LogP contribution is -2.46. The molecule has 2 rings (SSSR count). The molecule has 4 heteroatoms. The monoisotopic (exact) mass is 291 g/mol. The van der Waals surface area contributed by atoms with E-state index < -0.39 is 0 Å². The third kappa shape index (κ3) is 2.71. The van der Waals surface area contributed by atoms with Crippen LogP contribution in [0.4, 0.5) is 4.39 Å². The van der Waals surface area contributed by atoms with E-state index in [2.05, 4.69) is 20.8 Å². The lowest BCUT2D eigenvalue weighted by molar-refractivity contribution is 0.107. The fourth-order valence-electron chi connectivity index (χ4n) is 1.79. The minimum absolute atomic E-state index is 0.204. The second kappa shape index (κ2) is 4.81. The van der Waals surface area contributed by atoms with Gasteiger partial charge >= 0.3 is 0 Å². The first-order valence-corrected chi connectivity index (χ1v) is 6.41. The Morgan fingerprint density at radius 3 is 2.80 bits per heavy atom. The first-order valence-electron chi connectivity index (χ1n) is 4.91. The summed E-state index contributed by atoms with van der Waals surface area (Å²) in [7, 11) is 0. The van der Waals surface area contributed by atoms with Crippen LogP contribution in [0.25, 0.3) is 0 Å². The number of hydrogen-bond acceptors (Lipinski definition) is 1. The maximum absolute atomic E-state index is 13.4. The summed E-state index contributed by atoms with van der Waals surface area (Å²) in [5, 5.41) is 1.49. The van der Waals surface area contributed by atoms with Gasteiger partial charge in [-0.05, 0) is 18.1 Å². The molecular formula is C11H12BrClFN. The van der Waals surface area contributed by atoms with Crippen molar-refractivity contribution in [3.63, 3.8) is 0 Å². The molecule has 1 nitrogen and oxygen atoms in total. The van der Waals surface area contributed by atoms with Gasteiger partial charge in [0.15, 0.2) is 0 Å². The molecule has 0 radical (unpaired) electrons. The van der Waals surface area contributed by atoms with Gasteiger partial charge in [0.05, 0.1) is 0 Å². The Kier molecular flexibility index (Phi) is 3.65. The van der Waals surface area contributed by atoms with Crippen LogP contribution in [-0.4, -0.2) is 23.3 Å². The van der Waals surface area contributed by atoms with Gasteiger partial charge < -0.3 is 0 Å². The van der Waals surface area contributed by atoms with Crippen LogP contribution in [0.2, 0.25) is 5.02 Å². The van der Waals surface area contributed by atoms with Crippen molar-refractivity contribution in [3.05, 3.63) is 34.6 Å². The van der Waals surface area contributed by atoms with Gasteiger partial charge in [-0.1, -0.05) is 33.6 Å². The quantitative estimate of drug-likeness (QED) is 0.773. The molecule has 82 valence electrons. The molecule has 1 aromatic carbocycles. The summed E-state index contributed by atoms with van der Waals surface area (Å²) < 4.78 is 13.4. The summed E-state index contributed by atoms with van der Waals surface area (Å²) in [5.41, 5.74) is 0.729. The van der Waals surface area contributed by atoms with E-state index in [9.17, 15) is 4.39 Å². The third-order valence-corrected chi connectivity index (χ3v) is 3.81. The number of rotatable bonds is 3. The van der Waals surface area contributed by atoms with E-state index in [0.29, 0.717) is 11.6 Å². The second-order valence-electron chi connectivity index (χ2n) is 3.95. The Bertz CT molecular complexity index is 352. The number of likely N-dealkylation sites (tertiary alicyclic amines) is 1. The molecule has 0 aliphatic carbocycles. The van der Waals surface area contributed by atoms with Gasteiger partial charge in [0.25, 0.3) is 0 Å². The number of hydrogen-bond donors (Lipinski definition) is 0. The Morgan fingerprint density at radius 1 is 1.47 bits per heavy atom. The molecule has 0 amide bonds. The molecule has 0 aromatic heterocycles.